The van der Waals surface area contributed by atoms with E-state index in [9.17, 15) is 0 Å². The van der Waals surface area contributed by atoms with Crippen LogP contribution in [-0.2, 0) is 19.4 Å². The Balaban J connectivity index is 1.70. The molecule has 1 aromatic heterocycles. The van der Waals surface area contributed by atoms with Gasteiger partial charge in [0.1, 0.15) is 5.82 Å². The summed E-state index contributed by atoms with van der Waals surface area (Å²) < 4.78 is 2.38. The molecule has 17 heavy (non-hydrogen) atoms. The highest BCUT2D eigenvalue weighted by Gasteiger charge is 2.24. The van der Waals surface area contributed by atoms with Gasteiger partial charge in [0.05, 0.1) is 5.69 Å². The quantitative estimate of drug-likeness (QED) is 0.798. The number of fused-ring (bicyclic) bond motifs is 1. The summed E-state index contributed by atoms with van der Waals surface area (Å²) in [5, 5.41) is 0. The molecule has 1 saturated heterocycles. The standard InChI is InChI=1S/C14H23N3/c1-2-16-9-5-6-13(16)10-12-11-17-8-4-3-7-14(17)15-12/h11,13H,2-10H2,1H3. The van der Waals surface area contributed by atoms with Crippen LogP contribution in [0.4, 0.5) is 0 Å². The van der Waals surface area contributed by atoms with E-state index in [4.69, 9.17) is 4.98 Å². The molecule has 1 atom stereocenters. The highest BCUT2D eigenvalue weighted by Crippen LogP contribution is 2.22. The Labute approximate surface area is 104 Å². The minimum Gasteiger partial charge on any atom is -0.335 e. The van der Waals surface area contributed by atoms with Crippen molar-refractivity contribution in [3.8, 4) is 0 Å². The van der Waals surface area contributed by atoms with Gasteiger partial charge >= 0.3 is 0 Å². The smallest absolute Gasteiger partial charge is 0.108 e. The molecule has 1 aromatic rings. The van der Waals surface area contributed by atoms with Gasteiger partial charge in [-0.1, -0.05) is 6.92 Å². The molecule has 2 aliphatic heterocycles. The molecule has 0 radical (unpaired) electrons. The van der Waals surface area contributed by atoms with Crippen LogP contribution in [0.3, 0.4) is 0 Å². The maximum absolute atomic E-state index is 4.82. The van der Waals surface area contributed by atoms with Gasteiger partial charge in [0.2, 0.25) is 0 Å². The van der Waals surface area contributed by atoms with Crippen molar-refractivity contribution in [3.05, 3.63) is 17.7 Å². The summed E-state index contributed by atoms with van der Waals surface area (Å²) in [6, 6.07) is 0.747. The zero-order chi connectivity index (χ0) is 11.7. The van der Waals surface area contributed by atoms with Crippen LogP contribution in [0.5, 0.6) is 0 Å². The molecule has 1 fully saturated rings. The van der Waals surface area contributed by atoms with E-state index in [1.165, 1.54) is 63.3 Å². The number of hydrogen-bond donors (Lipinski definition) is 0. The molecule has 0 aliphatic carbocycles. The number of likely N-dealkylation sites (tertiary alicyclic amines) is 1. The van der Waals surface area contributed by atoms with Crippen molar-refractivity contribution in [2.45, 2.75) is 58.0 Å². The van der Waals surface area contributed by atoms with Gasteiger partial charge < -0.3 is 9.47 Å². The topological polar surface area (TPSA) is 21.1 Å². The van der Waals surface area contributed by atoms with Crippen molar-refractivity contribution in [3.63, 3.8) is 0 Å². The number of aryl methyl sites for hydroxylation is 2. The zero-order valence-corrected chi connectivity index (χ0v) is 10.9. The van der Waals surface area contributed by atoms with Crippen molar-refractivity contribution in [1.82, 2.24) is 14.5 Å². The molecular weight excluding hydrogens is 210 g/mol. The highest BCUT2D eigenvalue weighted by molar-refractivity contribution is 5.08. The van der Waals surface area contributed by atoms with Crippen LogP contribution in [0.2, 0.25) is 0 Å². The summed E-state index contributed by atoms with van der Waals surface area (Å²) >= 11 is 0. The van der Waals surface area contributed by atoms with E-state index in [-0.39, 0.29) is 0 Å². The first-order valence-corrected chi connectivity index (χ1v) is 7.16. The van der Waals surface area contributed by atoms with E-state index in [1.807, 2.05) is 0 Å². The molecule has 0 spiro atoms. The van der Waals surface area contributed by atoms with E-state index in [1.54, 1.807) is 0 Å². The monoisotopic (exact) mass is 233 g/mol. The molecule has 2 aliphatic rings. The molecule has 94 valence electrons. The van der Waals surface area contributed by atoms with E-state index in [0.29, 0.717) is 0 Å². The molecule has 0 saturated carbocycles. The van der Waals surface area contributed by atoms with Gasteiger partial charge in [-0.05, 0) is 38.8 Å². The molecule has 0 bridgehead atoms. The Morgan fingerprint density at radius 2 is 2.24 bits per heavy atom. The minimum atomic E-state index is 0.747. The van der Waals surface area contributed by atoms with Crippen LogP contribution in [0.1, 0.15) is 44.1 Å². The van der Waals surface area contributed by atoms with Crippen molar-refractivity contribution in [2.75, 3.05) is 13.1 Å². The number of hydrogen-bond acceptors (Lipinski definition) is 2. The summed E-state index contributed by atoms with van der Waals surface area (Å²) in [5.74, 6) is 1.33. The molecule has 3 rings (SSSR count). The molecular formula is C14H23N3. The third kappa shape index (κ3) is 2.25. The summed E-state index contributed by atoms with van der Waals surface area (Å²) in [7, 11) is 0. The molecule has 3 nitrogen and oxygen atoms in total. The van der Waals surface area contributed by atoms with Crippen molar-refractivity contribution >= 4 is 0 Å². The number of rotatable bonds is 3. The SMILES string of the molecule is CCN1CCCC1Cc1cn2c(n1)CCCC2. The highest BCUT2D eigenvalue weighted by atomic mass is 15.2. The lowest BCUT2D eigenvalue weighted by Gasteiger charge is -2.21. The molecule has 1 unspecified atom stereocenters. The van der Waals surface area contributed by atoms with E-state index >= 15 is 0 Å². The normalized spacial score (nSPS) is 25.1. The van der Waals surface area contributed by atoms with Gasteiger partial charge in [-0.2, -0.15) is 0 Å². The average molecular weight is 233 g/mol. The van der Waals surface area contributed by atoms with Gasteiger partial charge in [-0.3, -0.25) is 0 Å². The lowest BCUT2D eigenvalue weighted by molar-refractivity contribution is 0.265. The lowest BCUT2D eigenvalue weighted by Crippen LogP contribution is -2.30. The third-order valence-electron chi connectivity index (χ3n) is 4.31. The van der Waals surface area contributed by atoms with E-state index in [0.717, 1.165) is 12.5 Å². The van der Waals surface area contributed by atoms with Crippen LogP contribution in [0.25, 0.3) is 0 Å². The van der Waals surface area contributed by atoms with Gasteiger partial charge in [0.25, 0.3) is 0 Å². The molecule has 3 heteroatoms. The van der Waals surface area contributed by atoms with Crippen molar-refractivity contribution in [1.29, 1.82) is 0 Å². The number of nitrogens with zero attached hydrogens (tertiary/aromatic N) is 3. The summed E-state index contributed by atoms with van der Waals surface area (Å²) in [6.45, 7) is 5.94. The van der Waals surface area contributed by atoms with Crippen LogP contribution in [-0.4, -0.2) is 33.6 Å². The second kappa shape index (κ2) is 4.81. The summed E-state index contributed by atoms with van der Waals surface area (Å²) in [6.07, 6.45) is 10.0. The largest absolute Gasteiger partial charge is 0.335 e. The Kier molecular flexibility index (Phi) is 3.19. The molecule has 3 heterocycles. The summed E-state index contributed by atoms with van der Waals surface area (Å²) in [4.78, 5) is 7.43. The van der Waals surface area contributed by atoms with Gasteiger partial charge in [-0.25, -0.2) is 4.98 Å². The molecule has 0 aromatic carbocycles. The Morgan fingerprint density at radius 1 is 1.29 bits per heavy atom. The first kappa shape index (κ1) is 11.3. The first-order valence-electron chi connectivity index (χ1n) is 7.16. The Bertz CT molecular complexity index is 359. The Morgan fingerprint density at radius 3 is 3.06 bits per heavy atom. The number of aromatic nitrogens is 2. The van der Waals surface area contributed by atoms with E-state index < -0.39 is 0 Å². The minimum absolute atomic E-state index is 0.747. The van der Waals surface area contributed by atoms with E-state index in [2.05, 4.69) is 22.6 Å². The molecule has 0 N–H and O–H groups in total. The second-order valence-corrected chi connectivity index (χ2v) is 5.43. The third-order valence-corrected chi connectivity index (χ3v) is 4.31. The van der Waals surface area contributed by atoms with Gasteiger partial charge in [-0.15, -0.1) is 0 Å². The predicted molar refractivity (Wildman–Crippen MR) is 69.1 cm³/mol. The fourth-order valence-electron chi connectivity index (χ4n) is 3.35. The fourth-order valence-corrected chi connectivity index (χ4v) is 3.35. The maximum atomic E-state index is 4.82. The van der Waals surface area contributed by atoms with Crippen molar-refractivity contribution in [2.24, 2.45) is 0 Å². The predicted octanol–water partition coefficient (Wildman–Crippen LogP) is 2.25. The van der Waals surface area contributed by atoms with Crippen molar-refractivity contribution < 1.29 is 0 Å². The van der Waals surface area contributed by atoms with Gasteiger partial charge in [0.15, 0.2) is 0 Å². The van der Waals surface area contributed by atoms with Gasteiger partial charge in [0, 0.05) is 31.6 Å². The lowest BCUT2D eigenvalue weighted by atomic mass is 10.1. The summed E-state index contributed by atoms with van der Waals surface area (Å²) in [5.41, 5.74) is 1.33. The zero-order valence-electron chi connectivity index (χ0n) is 10.9. The average Bonchev–Trinajstić information content (AvgIpc) is 2.94. The number of likely N-dealkylation sites (N-methyl/N-ethyl adjacent to an activating group) is 1. The number of imidazole rings is 1. The Hall–Kier alpha value is -0.830. The van der Waals surface area contributed by atoms with Crippen LogP contribution < -0.4 is 0 Å². The van der Waals surface area contributed by atoms with Crippen LogP contribution in [0.15, 0.2) is 6.20 Å². The fraction of sp³-hybridized carbons (Fsp3) is 0.786. The van der Waals surface area contributed by atoms with Crippen LogP contribution in [0, 0.1) is 0 Å². The first-order chi connectivity index (χ1) is 8.36. The molecule has 0 amide bonds. The maximum Gasteiger partial charge on any atom is 0.108 e. The second-order valence-electron chi connectivity index (χ2n) is 5.43. The van der Waals surface area contributed by atoms with Crippen LogP contribution >= 0.6 is 0 Å².